The molecule has 0 heterocycles. The fourth-order valence-electron chi connectivity index (χ4n) is 1.16. The smallest absolute Gasteiger partial charge is 0.303 e. The molecule has 0 bridgehead atoms. The number of ether oxygens (including phenoxy) is 1. The van der Waals surface area contributed by atoms with Crippen molar-refractivity contribution in [3.8, 4) is 11.5 Å². The van der Waals surface area contributed by atoms with Crippen LogP contribution < -0.4 is 4.74 Å². The molecule has 4 nitrogen and oxygen atoms in total. The minimum atomic E-state index is -0.845. The van der Waals surface area contributed by atoms with Crippen molar-refractivity contribution in [1.82, 2.24) is 0 Å². The Kier molecular flexibility index (Phi) is 3.97. The SMILES string of the molecule is CC(CCC(=O)O)Oc1ccccc1O. The molecule has 0 saturated carbocycles. The number of carbonyl (C=O) groups is 1. The summed E-state index contributed by atoms with van der Waals surface area (Å²) < 4.78 is 5.38. The van der Waals surface area contributed by atoms with Crippen LogP contribution >= 0.6 is 0 Å². The van der Waals surface area contributed by atoms with E-state index in [0.717, 1.165) is 0 Å². The molecule has 0 aliphatic carbocycles. The summed E-state index contributed by atoms with van der Waals surface area (Å²) in [6, 6.07) is 6.62. The maximum atomic E-state index is 10.3. The van der Waals surface area contributed by atoms with Crippen LogP contribution in [0.5, 0.6) is 11.5 Å². The van der Waals surface area contributed by atoms with Crippen molar-refractivity contribution >= 4 is 5.97 Å². The fourth-order valence-corrected chi connectivity index (χ4v) is 1.16. The molecule has 1 rings (SSSR count). The van der Waals surface area contributed by atoms with Gasteiger partial charge in [-0.15, -0.1) is 0 Å². The van der Waals surface area contributed by atoms with Crippen LogP contribution in [0.4, 0.5) is 0 Å². The first-order valence-corrected chi connectivity index (χ1v) is 4.76. The van der Waals surface area contributed by atoms with Gasteiger partial charge in [0.25, 0.3) is 0 Å². The molecule has 0 fully saturated rings. The fraction of sp³-hybridized carbons (Fsp3) is 0.364. The van der Waals surface area contributed by atoms with Gasteiger partial charge in [0.1, 0.15) is 0 Å². The summed E-state index contributed by atoms with van der Waals surface area (Å²) in [6.07, 6.45) is 0.257. The van der Waals surface area contributed by atoms with Crippen molar-refractivity contribution in [1.29, 1.82) is 0 Å². The van der Waals surface area contributed by atoms with Gasteiger partial charge in [-0.05, 0) is 25.5 Å². The minimum Gasteiger partial charge on any atom is -0.504 e. The lowest BCUT2D eigenvalue weighted by Crippen LogP contribution is -2.13. The lowest BCUT2D eigenvalue weighted by atomic mass is 10.2. The molecule has 15 heavy (non-hydrogen) atoms. The van der Waals surface area contributed by atoms with E-state index in [1.165, 1.54) is 6.07 Å². The molecule has 1 atom stereocenters. The second kappa shape index (κ2) is 5.24. The molecular weight excluding hydrogens is 196 g/mol. The third-order valence-corrected chi connectivity index (χ3v) is 1.96. The Bertz CT molecular complexity index is 335. The first-order chi connectivity index (χ1) is 7.09. The van der Waals surface area contributed by atoms with Crippen LogP contribution in [0.3, 0.4) is 0 Å². The summed E-state index contributed by atoms with van der Waals surface area (Å²) >= 11 is 0. The number of para-hydroxylation sites is 2. The van der Waals surface area contributed by atoms with E-state index >= 15 is 0 Å². The van der Waals surface area contributed by atoms with Gasteiger partial charge in [0.05, 0.1) is 6.10 Å². The van der Waals surface area contributed by atoms with E-state index in [9.17, 15) is 9.90 Å². The second-order valence-corrected chi connectivity index (χ2v) is 3.33. The second-order valence-electron chi connectivity index (χ2n) is 3.33. The zero-order valence-corrected chi connectivity index (χ0v) is 8.51. The Morgan fingerprint density at radius 1 is 1.47 bits per heavy atom. The van der Waals surface area contributed by atoms with Gasteiger partial charge in [0.15, 0.2) is 11.5 Å². The van der Waals surface area contributed by atoms with Crippen LogP contribution in [0.2, 0.25) is 0 Å². The number of aliphatic carboxylic acids is 1. The monoisotopic (exact) mass is 210 g/mol. The quantitative estimate of drug-likeness (QED) is 0.780. The molecule has 1 aromatic carbocycles. The van der Waals surface area contributed by atoms with Crippen LogP contribution in [0, 0.1) is 0 Å². The maximum absolute atomic E-state index is 10.3. The average Bonchev–Trinajstić information content (AvgIpc) is 2.18. The van der Waals surface area contributed by atoms with E-state index in [1.807, 2.05) is 0 Å². The van der Waals surface area contributed by atoms with Gasteiger partial charge in [-0.3, -0.25) is 4.79 Å². The predicted octanol–water partition coefficient (Wildman–Crippen LogP) is 2.02. The number of aromatic hydroxyl groups is 1. The van der Waals surface area contributed by atoms with Gasteiger partial charge >= 0.3 is 5.97 Å². The van der Waals surface area contributed by atoms with E-state index in [4.69, 9.17) is 9.84 Å². The molecule has 4 heteroatoms. The van der Waals surface area contributed by atoms with E-state index in [-0.39, 0.29) is 18.3 Å². The van der Waals surface area contributed by atoms with Crippen molar-refractivity contribution in [3.63, 3.8) is 0 Å². The van der Waals surface area contributed by atoms with Crippen LogP contribution in [-0.2, 0) is 4.79 Å². The molecular formula is C11H14O4. The van der Waals surface area contributed by atoms with Crippen LogP contribution in [0.15, 0.2) is 24.3 Å². The number of benzene rings is 1. The van der Waals surface area contributed by atoms with Gasteiger partial charge in [0, 0.05) is 6.42 Å². The molecule has 0 aliphatic rings. The number of hydrogen-bond donors (Lipinski definition) is 2. The standard InChI is InChI=1S/C11H14O4/c1-8(6-7-11(13)14)15-10-5-3-2-4-9(10)12/h2-5,8,12H,6-7H2,1H3,(H,13,14). The van der Waals surface area contributed by atoms with Gasteiger partial charge in [0.2, 0.25) is 0 Å². The molecule has 2 N–H and O–H groups in total. The highest BCUT2D eigenvalue weighted by atomic mass is 16.5. The molecule has 0 aliphatic heterocycles. The number of phenolic OH excluding ortho intramolecular Hbond substituents is 1. The largest absolute Gasteiger partial charge is 0.504 e. The highest BCUT2D eigenvalue weighted by Gasteiger charge is 2.08. The predicted molar refractivity (Wildman–Crippen MR) is 55.1 cm³/mol. The molecule has 1 unspecified atom stereocenters. The van der Waals surface area contributed by atoms with E-state index in [2.05, 4.69) is 0 Å². The number of carboxylic acids is 1. The Balaban J connectivity index is 2.47. The Labute approximate surface area is 88.1 Å². The van der Waals surface area contributed by atoms with Crippen molar-refractivity contribution in [2.45, 2.75) is 25.9 Å². The van der Waals surface area contributed by atoms with Gasteiger partial charge < -0.3 is 14.9 Å². The summed E-state index contributed by atoms with van der Waals surface area (Å²) in [5.41, 5.74) is 0. The normalized spacial score (nSPS) is 12.1. The first kappa shape index (κ1) is 11.4. The minimum absolute atomic E-state index is 0.0642. The van der Waals surface area contributed by atoms with E-state index in [1.54, 1.807) is 25.1 Å². The third-order valence-electron chi connectivity index (χ3n) is 1.96. The lowest BCUT2D eigenvalue weighted by Gasteiger charge is -2.14. The van der Waals surface area contributed by atoms with Crippen molar-refractivity contribution in [2.75, 3.05) is 0 Å². The number of hydrogen-bond acceptors (Lipinski definition) is 3. The molecule has 1 aromatic rings. The number of phenols is 1. The maximum Gasteiger partial charge on any atom is 0.303 e. The Morgan fingerprint density at radius 3 is 2.73 bits per heavy atom. The average molecular weight is 210 g/mol. The lowest BCUT2D eigenvalue weighted by molar-refractivity contribution is -0.137. The topological polar surface area (TPSA) is 66.8 Å². The van der Waals surface area contributed by atoms with Gasteiger partial charge in [-0.1, -0.05) is 12.1 Å². The van der Waals surface area contributed by atoms with Crippen LogP contribution in [0.25, 0.3) is 0 Å². The summed E-state index contributed by atoms with van der Waals surface area (Å²) in [6.45, 7) is 1.77. The van der Waals surface area contributed by atoms with Crippen molar-refractivity contribution < 1.29 is 19.7 Å². The highest BCUT2D eigenvalue weighted by molar-refractivity contribution is 5.66. The highest BCUT2D eigenvalue weighted by Crippen LogP contribution is 2.26. The van der Waals surface area contributed by atoms with Gasteiger partial charge in [-0.25, -0.2) is 0 Å². The third kappa shape index (κ3) is 3.89. The first-order valence-electron chi connectivity index (χ1n) is 4.76. The molecule has 0 spiro atoms. The van der Waals surface area contributed by atoms with Crippen molar-refractivity contribution in [2.24, 2.45) is 0 Å². The summed E-state index contributed by atoms with van der Waals surface area (Å²) in [5, 5.41) is 17.9. The molecule has 0 saturated heterocycles. The molecule has 0 aromatic heterocycles. The van der Waals surface area contributed by atoms with Gasteiger partial charge in [-0.2, -0.15) is 0 Å². The summed E-state index contributed by atoms with van der Waals surface area (Å²) in [4.78, 5) is 10.3. The summed E-state index contributed by atoms with van der Waals surface area (Å²) in [7, 11) is 0. The molecule has 82 valence electrons. The zero-order chi connectivity index (χ0) is 11.3. The van der Waals surface area contributed by atoms with Crippen molar-refractivity contribution in [3.05, 3.63) is 24.3 Å². The zero-order valence-electron chi connectivity index (χ0n) is 8.51. The van der Waals surface area contributed by atoms with E-state index in [0.29, 0.717) is 12.2 Å². The Morgan fingerprint density at radius 2 is 2.13 bits per heavy atom. The number of rotatable bonds is 5. The Hall–Kier alpha value is -1.71. The van der Waals surface area contributed by atoms with E-state index < -0.39 is 5.97 Å². The summed E-state index contributed by atoms with van der Waals surface area (Å²) in [5.74, 6) is -0.391. The molecule has 0 radical (unpaired) electrons. The van der Waals surface area contributed by atoms with Crippen LogP contribution in [-0.4, -0.2) is 22.3 Å². The number of carboxylic acid groups (broad SMARTS) is 1. The van der Waals surface area contributed by atoms with Crippen LogP contribution in [0.1, 0.15) is 19.8 Å². The molecule has 0 amide bonds.